The summed E-state index contributed by atoms with van der Waals surface area (Å²) in [7, 11) is 0. The van der Waals surface area contributed by atoms with Crippen LogP contribution in [-0.2, 0) is 4.79 Å². The van der Waals surface area contributed by atoms with Crippen molar-refractivity contribution in [1.82, 2.24) is 4.90 Å². The van der Waals surface area contributed by atoms with Gasteiger partial charge in [0.1, 0.15) is 6.04 Å². The molecule has 2 unspecified atom stereocenters. The quantitative estimate of drug-likeness (QED) is 0.767. The van der Waals surface area contributed by atoms with Crippen molar-refractivity contribution in [3.63, 3.8) is 0 Å². The lowest BCUT2D eigenvalue weighted by atomic mass is 10.2. The summed E-state index contributed by atoms with van der Waals surface area (Å²) in [6.07, 6.45) is -0.746. The minimum Gasteiger partial charge on any atom is -0.480 e. The zero-order chi connectivity index (χ0) is 14.0. The van der Waals surface area contributed by atoms with Crippen LogP contribution in [0.4, 0.5) is 10.5 Å². The van der Waals surface area contributed by atoms with Gasteiger partial charge in [-0.15, -0.1) is 0 Å². The first-order valence-electron chi connectivity index (χ1n) is 5.72. The smallest absolute Gasteiger partial charge is 0.326 e. The number of halogens is 1. The molecule has 0 saturated carbocycles. The molecule has 1 aliphatic heterocycles. The van der Waals surface area contributed by atoms with Gasteiger partial charge in [-0.05, 0) is 28.1 Å². The van der Waals surface area contributed by atoms with Crippen LogP contribution < -0.4 is 5.32 Å². The van der Waals surface area contributed by atoms with Gasteiger partial charge in [0.25, 0.3) is 0 Å². The van der Waals surface area contributed by atoms with E-state index in [-0.39, 0.29) is 13.0 Å². The van der Waals surface area contributed by atoms with Crippen LogP contribution in [0.5, 0.6) is 0 Å². The molecular weight excluding hydrogens is 316 g/mol. The number of para-hydroxylation sites is 1. The summed E-state index contributed by atoms with van der Waals surface area (Å²) in [5.74, 6) is -1.11. The predicted octanol–water partition coefficient (Wildman–Crippen LogP) is 1.50. The van der Waals surface area contributed by atoms with E-state index in [0.29, 0.717) is 10.2 Å². The van der Waals surface area contributed by atoms with Crippen molar-refractivity contribution in [3.05, 3.63) is 28.7 Å². The molecule has 1 aliphatic rings. The second-order valence-corrected chi connectivity index (χ2v) is 5.16. The summed E-state index contributed by atoms with van der Waals surface area (Å²) in [6.45, 7) is 0.0211. The summed E-state index contributed by atoms with van der Waals surface area (Å²) in [6, 6.07) is 5.51. The van der Waals surface area contributed by atoms with E-state index in [4.69, 9.17) is 5.11 Å². The van der Waals surface area contributed by atoms with E-state index in [1.165, 1.54) is 0 Å². The Hall–Kier alpha value is -1.60. The van der Waals surface area contributed by atoms with E-state index < -0.39 is 24.1 Å². The Morgan fingerprint density at radius 1 is 1.37 bits per heavy atom. The van der Waals surface area contributed by atoms with Gasteiger partial charge < -0.3 is 20.4 Å². The number of carbonyl (C=O) groups excluding carboxylic acids is 1. The average molecular weight is 329 g/mol. The van der Waals surface area contributed by atoms with Crippen LogP contribution in [0.25, 0.3) is 0 Å². The van der Waals surface area contributed by atoms with E-state index in [0.717, 1.165) is 4.90 Å². The van der Waals surface area contributed by atoms with Crippen molar-refractivity contribution in [3.8, 4) is 0 Å². The molecule has 3 N–H and O–H groups in total. The molecule has 2 rings (SSSR count). The van der Waals surface area contributed by atoms with Crippen LogP contribution in [0.1, 0.15) is 6.42 Å². The highest BCUT2D eigenvalue weighted by atomic mass is 79.9. The van der Waals surface area contributed by atoms with Gasteiger partial charge in [-0.3, -0.25) is 0 Å². The summed E-state index contributed by atoms with van der Waals surface area (Å²) in [5, 5.41) is 21.1. The Morgan fingerprint density at radius 3 is 2.68 bits per heavy atom. The number of aliphatic hydroxyl groups is 1. The summed E-state index contributed by atoms with van der Waals surface area (Å²) in [4.78, 5) is 24.2. The van der Waals surface area contributed by atoms with Gasteiger partial charge in [-0.25, -0.2) is 9.59 Å². The molecule has 1 aromatic carbocycles. The first-order chi connectivity index (χ1) is 8.99. The van der Waals surface area contributed by atoms with Gasteiger partial charge in [0.05, 0.1) is 11.8 Å². The monoisotopic (exact) mass is 328 g/mol. The Bertz CT molecular complexity index is 508. The number of carboxylic acid groups (broad SMARTS) is 1. The van der Waals surface area contributed by atoms with E-state index in [1.54, 1.807) is 24.3 Å². The van der Waals surface area contributed by atoms with Crippen molar-refractivity contribution in [1.29, 1.82) is 0 Å². The number of nitrogens with one attached hydrogen (secondary N) is 1. The maximum Gasteiger partial charge on any atom is 0.326 e. The Balaban J connectivity index is 2.11. The highest BCUT2D eigenvalue weighted by Crippen LogP contribution is 2.24. The van der Waals surface area contributed by atoms with Crippen LogP contribution in [0.2, 0.25) is 0 Å². The number of aliphatic hydroxyl groups excluding tert-OH is 1. The molecule has 0 radical (unpaired) electrons. The number of amides is 2. The molecule has 1 aromatic rings. The predicted molar refractivity (Wildman–Crippen MR) is 71.9 cm³/mol. The molecular formula is C12H13BrN2O4. The van der Waals surface area contributed by atoms with Crippen LogP contribution in [0.3, 0.4) is 0 Å². The second kappa shape index (κ2) is 5.58. The van der Waals surface area contributed by atoms with Gasteiger partial charge in [-0.2, -0.15) is 0 Å². The number of likely N-dealkylation sites (tertiary alicyclic amines) is 1. The van der Waals surface area contributed by atoms with Crippen molar-refractivity contribution in [2.75, 3.05) is 11.9 Å². The van der Waals surface area contributed by atoms with Crippen molar-refractivity contribution < 1.29 is 19.8 Å². The minimum atomic E-state index is -1.11. The molecule has 19 heavy (non-hydrogen) atoms. The maximum absolute atomic E-state index is 12.0. The third kappa shape index (κ3) is 3.05. The fourth-order valence-electron chi connectivity index (χ4n) is 2.02. The number of urea groups is 1. The van der Waals surface area contributed by atoms with Gasteiger partial charge in [-0.1, -0.05) is 12.1 Å². The molecule has 7 heteroatoms. The van der Waals surface area contributed by atoms with Crippen LogP contribution in [-0.4, -0.2) is 45.8 Å². The average Bonchev–Trinajstić information content (AvgIpc) is 2.74. The van der Waals surface area contributed by atoms with Crippen molar-refractivity contribution in [2.45, 2.75) is 18.6 Å². The number of benzene rings is 1. The molecule has 1 saturated heterocycles. The number of aliphatic carboxylic acids is 1. The molecule has 2 atom stereocenters. The minimum absolute atomic E-state index is 0.0211. The number of carboxylic acids is 1. The van der Waals surface area contributed by atoms with Crippen molar-refractivity contribution >= 4 is 33.6 Å². The lowest BCUT2D eigenvalue weighted by Gasteiger charge is -2.21. The van der Waals surface area contributed by atoms with Gasteiger partial charge >= 0.3 is 12.0 Å². The molecule has 0 aromatic heterocycles. The van der Waals surface area contributed by atoms with Gasteiger partial charge in [0.2, 0.25) is 0 Å². The first-order valence-corrected chi connectivity index (χ1v) is 6.51. The van der Waals surface area contributed by atoms with E-state index in [2.05, 4.69) is 21.2 Å². The number of β-amino-alcohol motifs (C(OH)–C–C–N with tert-alkyl or cyclic N) is 1. The normalized spacial score (nSPS) is 22.3. The van der Waals surface area contributed by atoms with E-state index in [1.807, 2.05) is 0 Å². The van der Waals surface area contributed by atoms with Crippen LogP contribution in [0.15, 0.2) is 28.7 Å². The summed E-state index contributed by atoms with van der Waals surface area (Å²) >= 11 is 3.29. The van der Waals surface area contributed by atoms with Gasteiger partial charge in [0, 0.05) is 17.4 Å². The molecule has 2 amide bonds. The van der Waals surface area contributed by atoms with E-state index >= 15 is 0 Å². The highest BCUT2D eigenvalue weighted by Gasteiger charge is 2.39. The Kier molecular flexibility index (Phi) is 4.06. The van der Waals surface area contributed by atoms with Gasteiger partial charge in [0.15, 0.2) is 0 Å². The highest BCUT2D eigenvalue weighted by molar-refractivity contribution is 9.10. The number of hydrogen-bond acceptors (Lipinski definition) is 3. The molecule has 1 heterocycles. The summed E-state index contributed by atoms with van der Waals surface area (Å²) in [5.41, 5.74) is 0.554. The number of anilines is 1. The van der Waals surface area contributed by atoms with Crippen molar-refractivity contribution in [2.24, 2.45) is 0 Å². The number of nitrogens with zero attached hydrogens (tertiary/aromatic N) is 1. The number of hydrogen-bond donors (Lipinski definition) is 3. The topological polar surface area (TPSA) is 89.9 Å². The zero-order valence-electron chi connectivity index (χ0n) is 9.91. The maximum atomic E-state index is 12.0. The standard InChI is InChI=1S/C12H13BrN2O4/c13-8-3-1-2-4-9(8)14-12(19)15-6-7(16)5-10(15)11(17)18/h1-4,7,10,16H,5-6H2,(H,14,19)(H,17,18). The molecule has 1 fully saturated rings. The van der Waals surface area contributed by atoms with Crippen LogP contribution in [0, 0.1) is 0 Å². The lowest BCUT2D eigenvalue weighted by molar-refractivity contribution is -0.141. The molecule has 0 spiro atoms. The largest absolute Gasteiger partial charge is 0.480 e. The SMILES string of the molecule is O=C(O)C1CC(O)CN1C(=O)Nc1ccccc1Br. The van der Waals surface area contributed by atoms with Crippen LogP contribution >= 0.6 is 15.9 Å². The third-order valence-corrected chi connectivity index (χ3v) is 3.63. The Morgan fingerprint density at radius 2 is 2.05 bits per heavy atom. The fraction of sp³-hybridized carbons (Fsp3) is 0.333. The molecule has 6 nitrogen and oxygen atoms in total. The number of carbonyl (C=O) groups is 2. The van der Waals surface area contributed by atoms with E-state index in [9.17, 15) is 14.7 Å². The lowest BCUT2D eigenvalue weighted by Crippen LogP contribution is -2.43. The number of rotatable bonds is 2. The first kappa shape index (κ1) is 13.8. The summed E-state index contributed by atoms with van der Waals surface area (Å²) < 4.78 is 0.704. The Labute approximate surface area is 118 Å². The second-order valence-electron chi connectivity index (χ2n) is 4.31. The molecule has 102 valence electrons. The molecule has 0 bridgehead atoms. The zero-order valence-corrected chi connectivity index (χ0v) is 11.5. The third-order valence-electron chi connectivity index (χ3n) is 2.94. The fourth-order valence-corrected chi connectivity index (χ4v) is 2.41. The molecule has 0 aliphatic carbocycles.